The minimum Gasteiger partial charge on any atom is -0.508 e. The molecule has 4 aliphatic heterocycles. The normalized spacial score (nSPS) is 14.1. The Morgan fingerprint density at radius 2 is 0.678 bits per heavy atom. The van der Waals surface area contributed by atoms with Gasteiger partial charge in [0.05, 0.1) is 84.8 Å². The molecule has 18 heterocycles. The molecule has 9 N–H and O–H groups in total. The van der Waals surface area contributed by atoms with Crippen LogP contribution in [0.5, 0.6) is 23.0 Å². The maximum Gasteiger partial charge on any atom is 0.323 e. The molecule has 0 amide bonds. The van der Waals surface area contributed by atoms with E-state index in [0.717, 1.165) is 157 Å². The van der Waals surface area contributed by atoms with Crippen molar-refractivity contribution in [2.24, 2.45) is 0 Å². The first-order valence-corrected chi connectivity index (χ1v) is 48.3. The summed E-state index contributed by atoms with van der Waals surface area (Å²) < 4.78 is 14.0. The van der Waals surface area contributed by atoms with Crippen molar-refractivity contribution in [1.82, 2.24) is 158 Å². The average molecular weight is 2000 g/mol. The summed E-state index contributed by atoms with van der Waals surface area (Å²) in [7, 11) is 0. The number of fused-ring (bicyclic) bond motifs is 8. The van der Waals surface area contributed by atoms with Crippen LogP contribution < -0.4 is 39.2 Å². The summed E-state index contributed by atoms with van der Waals surface area (Å²) in [5, 5.41) is 118. The van der Waals surface area contributed by atoms with E-state index in [4.69, 9.17) is 44.9 Å². The number of aromatic nitrogens is 32. The lowest BCUT2D eigenvalue weighted by Crippen LogP contribution is -2.47. The second-order valence-electron chi connectivity index (χ2n) is 35.8. The molecule has 0 atom stereocenters. The Hall–Kier alpha value is -19.5. The molecule has 14 aromatic heterocycles. The van der Waals surface area contributed by atoms with Gasteiger partial charge in [0.2, 0.25) is 23.8 Å². The topological polar surface area (TPSA) is 556 Å². The van der Waals surface area contributed by atoms with E-state index in [0.29, 0.717) is 149 Å². The van der Waals surface area contributed by atoms with Crippen molar-refractivity contribution in [2.75, 3.05) is 144 Å². The molecule has 4 fully saturated rings. The Balaban J connectivity index is 0.000000109. The summed E-state index contributed by atoms with van der Waals surface area (Å²) in [6.07, 6.45) is 13.4. The van der Waals surface area contributed by atoms with Crippen molar-refractivity contribution in [3.8, 4) is 46.3 Å². The fourth-order valence-electron chi connectivity index (χ4n) is 19.1. The number of nitrogens with zero attached hydrogens (tertiary/aromatic N) is 38. The largest absolute Gasteiger partial charge is 0.508 e. The average Bonchev–Trinajstić information content (AvgIpc) is 1.61. The molecule has 26 rings (SSSR count). The zero-order valence-electron chi connectivity index (χ0n) is 80.1. The highest BCUT2D eigenvalue weighted by Gasteiger charge is 2.32. The van der Waals surface area contributed by atoms with Crippen molar-refractivity contribution in [2.45, 2.75) is 52.6 Å². The highest BCUT2D eigenvalue weighted by Crippen LogP contribution is 2.36. The quantitative estimate of drug-likeness (QED) is 0.0290. The second kappa shape index (κ2) is 40.3. The van der Waals surface area contributed by atoms with Crippen molar-refractivity contribution in [3.05, 3.63) is 255 Å². The van der Waals surface area contributed by atoms with Gasteiger partial charge in [0.25, 0.3) is 0 Å². The Bertz CT molecular complexity index is 8560. The van der Waals surface area contributed by atoms with E-state index < -0.39 is 11.9 Å². The number of para-hydroxylation sites is 3. The molecule has 22 aromatic rings. The van der Waals surface area contributed by atoms with Gasteiger partial charge in [0, 0.05) is 162 Å². The van der Waals surface area contributed by atoms with Crippen molar-refractivity contribution in [1.29, 1.82) is 0 Å². The Morgan fingerprint density at radius 3 is 1.07 bits per heavy atom. The summed E-state index contributed by atoms with van der Waals surface area (Å²) in [4.78, 5) is 98.0. The van der Waals surface area contributed by atoms with Crippen LogP contribution in [0.15, 0.2) is 232 Å². The molecule has 8 aromatic carbocycles. The number of carboxylic acid groups (broad SMARTS) is 2. The molecule has 4 aliphatic rings. The van der Waals surface area contributed by atoms with Gasteiger partial charge >= 0.3 is 11.9 Å². The predicted molar refractivity (Wildman–Crippen MR) is 552 cm³/mol. The fourth-order valence-corrected chi connectivity index (χ4v) is 19.1. The number of phenols is 4. The number of benzene rings is 8. The van der Waals surface area contributed by atoms with Gasteiger partial charge in [-0.25, -0.2) is 38.7 Å². The summed E-state index contributed by atoms with van der Waals surface area (Å²) in [6.45, 7) is 14.1. The van der Waals surface area contributed by atoms with Gasteiger partial charge in [-0.05, 0) is 133 Å². The first-order valence-electron chi connectivity index (χ1n) is 48.3. The van der Waals surface area contributed by atoms with Crippen molar-refractivity contribution < 1.29 is 45.3 Å². The van der Waals surface area contributed by atoms with Gasteiger partial charge in [-0.2, -0.15) is 70.7 Å². The smallest absolute Gasteiger partial charge is 0.323 e. The van der Waals surface area contributed by atoms with Crippen LogP contribution in [0.1, 0.15) is 29.8 Å². The number of carbonyl (C=O) groups is 2. The minimum atomic E-state index is -1.00. The van der Waals surface area contributed by atoms with Gasteiger partial charge in [0.15, 0.2) is 79.6 Å². The maximum absolute atomic E-state index is 11.5. The number of hydrogen-bond acceptors (Lipinski definition) is 37. The van der Waals surface area contributed by atoms with E-state index in [1.165, 1.54) is 27.4 Å². The van der Waals surface area contributed by atoms with Crippen LogP contribution in [0.4, 0.5) is 46.5 Å². The lowest BCUT2D eigenvalue weighted by atomic mass is 10.1. The van der Waals surface area contributed by atoms with Crippen LogP contribution in [0.2, 0.25) is 0 Å². The monoisotopic (exact) mass is 2000 g/mol. The molecule has 49 nitrogen and oxygen atoms in total. The molecule has 0 aliphatic carbocycles. The number of tetrazole rings is 2. The molecule has 4 saturated heterocycles. The number of aromatic hydroxyl groups is 4. The van der Waals surface area contributed by atoms with E-state index in [1.807, 2.05) is 171 Å². The molecule has 149 heavy (non-hydrogen) atoms. The third-order valence-corrected chi connectivity index (χ3v) is 26.8. The number of aryl methyl sites for hydroxylation is 3. The van der Waals surface area contributed by atoms with Gasteiger partial charge < -0.3 is 93.2 Å². The van der Waals surface area contributed by atoms with Crippen LogP contribution in [0.25, 0.3) is 112 Å². The van der Waals surface area contributed by atoms with Gasteiger partial charge in [-0.1, -0.05) is 84.1 Å². The molecule has 0 spiro atoms. The lowest BCUT2D eigenvalue weighted by molar-refractivity contribution is -0.138. The summed E-state index contributed by atoms with van der Waals surface area (Å²) in [5.74, 6) is 4.60. The Kier molecular flexibility index (Phi) is 25.2. The standard InChI is InChI=1S/C26H26N8O3.C25H24N12O.C25H24N8O4.C24H22N12O/c1-2-17-4-3-5-21-20(17)14-28-34(21)25-23-24(33(16-27-23)15-22(36)37)29-26(30-25)32-12-10-31(11-13-32)18-6-8-19(35)9-7-18;38-19-7-5-18(6-8-19)34-11-13-35(14-12-34)25-28-23-22(26-16-36(23)10-9-21-30-32-33-31-21)24(29-25)37-20-4-2-1-3-17(20)15-27-37;34-14-19-18-3-1-2-4-20(18)33(29-19)24-22-23(32(15-26-22)13-21(36)37)27-25(28-24)31-11-9-30(10-12-31)16-5-7-17(35)8-6-16;37-18-7-5-17(6-8-18)33-9-11-34(12-10-33)24-27-22-21(25-15-35(22)14-20-29-31-32-30-20)23(28-24)36-19-4-2-1-3-16(19)13-26-36/h3-9,14,16,35H,2,10-13,15H2,1H3,(H,36,37);1-8,15-16,38H,9-14H2,(H,30,31,32,33);1-8,15,34-35H,9-14H2,(H,36,37);1-8,13,15,37H,9-12,14H2,(H,29,30,31,32). The highest BCUT2D eigenvalue weighted by molar-refractivity contribution is 5.92. The van der Waals surface area contributed by atoms with Crippen LogP contribution in [-0.2, 0) is 55.2 Å². The molecular formula is C100H96N40O9. The zero-order valence-corrected chi connectivity index (χ0v) is 80.1. The summed E-state index contributed by atoms with van der Waals surface area (Å²) >= 11 is 0. The van der Waals surface area contributed by atoms with Crippen LogP contribution in [-0.4, -0.2) is 311 Å². The summed E-state index contributed by atoms with van der Waals surface area (Å²) in [6, 6.07) is 58.6. The molecule has 0 radical (unpaired) electrons. The third kappa shape index (κ3) is 18.9. The van der Waals surface area contributed by atoms with Gasteiger partial charge in [-0.15, -0.1) is 20.4 Å². The number of anilines is 8. The van der Waals surface area contributed by atoms with E-state index in [1.54, 1.807) is 70.5 Å². The minimum absolute atomic E-state index is 0.227. The number of aliphatic hydroxyl groups excluding tert-OH is 1. The molecule has 0 saturated carbocycles. The number of nitrogens with one attached hydrogen (secondary N) is 2. The van der Waals surface area contributed by atoms with Crippen LogP contribution >= 0.6 is 0 Å². The number of carboxylic acids is 2. The Morgan fingerprint density at radius 1 is 0.342 bits per heavy atom. The summed E-state index contributed by atoms with van der Waals surface area (Å²) in [5.41, 5.74) is 14.0. The van der Waals surface area contributed by atoms with Crippen LogP contribution in [0, 0.1) is 0 Å². The van der Waals surface area contributed by atoms with E-state index in [-0.39, 0.29) is 42.7 Å². The lowest BCUT2D eigenvalue weighted by Gasteiger charge is -2.36. The molecule has 0 bridgehead atoms. The second-order valence-corrected chi connectivity index (χ2v) is 35.8. The third-order valence-electron chi connectivity index (χ3n) is 26.8. The Labute approximate surface area is 843 Å². The number of H-pyrrole nitrogens is 2. The number of aromatic amines is 2. The number of aliphatic hydroxyl groups is 1. The molecular weight excluding hydrogens is 1910 g/mol. The first-order chi connectivity index (χ1) is 73.0. The molecule has 0 unspecified atom stereocenters. The SMILES string of the molecule is CCc1cccc2c1cnn2-c1nc(N2CCN(c3ccc(O)cc3)CC2)nc2c1ncn2CC(=O)O.O=C(O)Cn1cnc2c(-n3nc(CO)c4ccccc43)nc(N3CCN(c4ccc(O)cc4)CC3)nc21.Oc1ccc(N2CCN(c3nc(-n4ncc5ccccc54)c4ncn(CCc5nn[nH]n5)c4n3)CC2)cc1.Oc1ccc(N2CCN(c3nc(-n4ncc5ccccc54)c4ncn(Cc5nn[nH]n5)c4n3)CC2)cc1. The molecule has 750 valence electrons. The number of phenolic OH excluding ortho intramolecular Hbond substituents is 4. The molecule has 49 heteroatoms. The van der Waals surface area contributed by atoms with Crippen molar-refractivity contribution >= 4 is 147 Å². The van der Waals surface area contributed by atoms with Gasteiger partial charge in [-0.3, -0.25) is 9.59 Å². The van der Waals surface area contributed by atoms with E-state index in [2.05, 4.69) is 129 Å². The zero-order chi connectivity index (χ0) is 101. The van der Waals surface area contributed by atoms with E-state index >= 15 is 0 Å². The predicted octanol–water partition coefficient (Wildman–Crippen LogP) is 8.33. The first kappa shape index (κ1) is 93.1. The number of imidazole rings is 4. The van der Waals surface area contributed by atoms with Crippen molar-refractivity contribution in [3.63, 3.8) is 0 Å². The van der Waals surface area contributed by atoms with Gasteiger partial charge in [0.1, 0.15) is 36.1 Å². The van der Waals surface area contributed by atoms with Crippen LogP contribution in [0.3, 0.4) is 0 Å². The number of hydrogen-bond donors (Lipinski definition) is 9. The highest BCUT2D eigenvalue weighted by atomic mass is 16.4. The fraction of sp³-hybridized carbons (Fsp3) is 0.240. The number of aliphatic carboxylic acids is 2. The number of rotatable bonds is 23. The van der Waals surface area contributed by atoms with E-state index in [9.17, 15) is 45.3 Å². The number of piperazine rings is 4. The maximum atomic E-state index is 11.5.